The fourth-order valence-electron chi connectivity index (χ4n) is 1.43. The Balaban J connectivity index is 2.78. The second kappa shape index (κ2) is 7.28. The normalized spacial score (nSPS) is 11.3. The summed E-state index contributed by atoms with van der Waals surface area (Å²) in [7, 11) is 2.32. The first kappa shape index (κ1) is 15.7. The van der Waals surface area contributed by atoms with Gasteiger partial charge in [0.15, 0.2) is 0 Å². The van der Waals surface area contributed by atoms with Crippen molar-refractivity contribution in [3.8, 4) is 0 Å². The van der Waals surface area contributed by atoms with Gasteiger partial charge in [0, 0.05) is 0 Å². The first-order chi connectivity index (χ1) is 9.47. The first-order valence-electron chi connectivity index (χ1n) is 5.90. The maximum absolute atomic E-state index is 11.9. The average Bonchev–Trinajstić information content (AvgIpc) is 2.46. The maximum Gasteiger partial charge on any atom is 0.347 e. The lowest BCUT2D eigenvalue weighted by Gasteiger charge is -2.14. The molecular formula is C14H16O6. The van der Waals surface area contributed by atoms with Gasteiger partial charge in [-0.15, -0.1) is 0 Å². The van der Waals surface area contributed by atoms with Crippen molar-refractivity contribution in [2.45, 2.75) is 19.4 Å². The van der Waals surface area contributed by atoms with E-state index in [1.807, 2.05) is 6.92 Å². The van der Waals surface area contributed by atoms with Crippen molar-refractivity contribution in [1.82, 2.24) is 0 Å². The highest BCUT2D eigenvalue weighted by Gasteiger charge is 2.27. The van der Waals surface area contributed by atoms with Crippen LogP contribution in [0.25, 0.3) is 0 Å². The second-order valence-corrected chi connectivity index (χ2v) is 4.06. The summed E-state index contributed by atoms with van der Waals surface area (Å²) in [6.45, 7) is 1.88. The van der Waals surface area contributed by atoms with Crippen LogP contribution in [0.4, 0.5) is 0 Å². The van der Waals surface area contributed by atoms with Gasteiger partial charge in [-0.1, -0.05) is 17.7 Å². The number of benzene rings is 1. The fourth-order valence-corrected chi connectivity index (χ4v) is 1.43. The molecule has 1 aromatic rings. The molecule has 6 heteroatoms. The monoisotopic (exact) mass is 280 g/mol. The molecule has 0 heterocycles. The van der Waals surface area contributed by atoms with E-state index >= 15 is 0 Å². The molecule has 1 aromatic carbocycles. The number of aryl methyl sites for hydroxylation is 1. The average molecular weight is 280 g/mol. The summed E-state index contributed by atoms with van der Waals surface area (Å²) in [4.78, 5) is 34.5. The zero-order valence-corrected chi connectivity index (χ0v) is 11.5. The molecule has 0 fully saturated rings. The third-order valence-corrected chi connectivity index (χ3v) is 2.58. The molecule has 0 amide bonds. The van der Waals surface area contributed by atoms with Gasteiger partial charge in [0.05, 0.1) is 26.2 Å². The van der Waals surface area contributed by atoms with E-state index in [1.165, 1.54) is 7.11 Å². The van der Waals surface area contributed by atoms with E-state index in [2.05, 4.69) is 9.47 Å². The van der Waals surface area contributed by atoms with Crippen LogP contribution in [0.15, 0.2) is 24.3 Å². The van der Waals surface area contributed by atoms with Crippen LogP contribution in [0.3, 0.4) is 0 Å². The fraction of sp³-hybridized carbons (Fsp3) is 0.357. The Morgan fingerprint density at radius 3 is 2.15 bits per heavy atom. The molecule has 1 rings (SSSR count). The van der Waals surface area contributed by atoms with Crippen LogP contribution in [-0.2, 0) is 23.8 Å². The minimum atomic E-state index is -1.32. The van der Waals surface area contributed by atoms with Gasteiger partial charge in [0.1, 0.15) is 0 Å². The van der Waals surface area contributed by atoms with Gasteiger partial charge in [0.25, 0.3) is 0 Å². The number of esters is 3. The van der Waals surface area contributed by atoms with Crippen molar-refractivity contribution < 1.29 is 28.6 Å². The Kier molecular flexibility index (Phi) is 5.71. The molecule has 108 valence electrons. The molecule has 0 unspecified atom stereocenters. The van der Waals surface area contributed by atoms with E-state index in [0.717, 1.165) is 12.7 Å². The number of carbonyl (C=O) groups is 3. The van der Waals surface area contributed by atoms with E-state index < -0.39 is 24.0 Å². The molecule has 0 aliphatic heterocycles. The number of hydrogen-bond acceptors (Lipinski definition) is 6. The number of carbonyl (C=O) groups excluding carboxylic acids is 3. The lowest BCUT2D eigenvalue weighted by atomic mass is 10.1. The third-order valence-electron chi connectivity index (χ3n) is 2.58. The van der Waals surface area contributed by atoms with E-state index in [-0.39, 0.29) is 12.0 Å². The smallest absolute Gasteiger partial charge is 0.347 e. The Morgan fingerprint density at radius 2 is 1.65 bits per heavy atom. The molecule has 20 heavy (non-hydrogen) atoms. The van der Waals surface area contributed by atoms with Crippen molar-refractivity contribution in [2.75, 3.05) is 14.2 Å². The van der Waals surface area contributed by atoms with Crippen LogP contribution in [-0.4, -0.2) is 38.2 Å². The summed E-state index contributed by atoms with van der Waals surface area (Å²) in [5.41, 5.74) is 1.27. The summed E-state index contributed by atoms with van der Waals surface area (Å²) >= 11 is 0. The van der Waals surface area contributed by atoms with Gasteiger partial charge in [0.2, 0.25) is 6.10 Å². The summed E-state index contributed by atoms with van der Waals surface area (Å²) in [6.07, 6.45) is -1.71. The number of ether oxygens (including phenoxy) is 3. The predicted molar refractivity (Wildman–Crippen MR) is 69.0 cm³/mol. The summed E-state index contributed by atoms with van der Waals surface area (Å²) in [5.74, 6) is -2.18. The van der Waals surface area contributed by atoms with Gasteiger partial charge < -0.3 is 14.2 Å². The molecule has 0 N–H and O–H groups in total. The Hall–Kier alpha value is -2.37. The highest BCUT2D eigenvalue weighted by Crippen LogP contribution is 2.10. The molecule has 0 bridgehead atoms. The van der Waals surface area contributed by atoms with Crippen molar-refractivity contribution in [3.05, 3.63) is 35.4 Å². The van der Waals surface area contributed by atoms with Gasteiger partial charge in [-0.2, -0.15) is 0 Å². The molecule has 0 aromatic heterocycles. The lowest BCUT2D eigenvalue weighted by Crippen LogP contribution is -2.31. The highest BCUT2D eigenvalue weighted by molar-refractivity contribution is 5.92. The summed E-state index contributed by atoms with van der Waals surface area (Å²) in [5, 5.41) is 0. The molecule has 0 saturated heterocycles. The standard InChI is InChI=1S/C14H16O6/c1-9-4-6-10(7-5-9)13(16)20-11(14(17)19-3)8-12(15)18-2/h4-7,11H,8H2,1-3H3/t11-/m1/s1. The van der Waals surface area contributed by atoms with E-state index in [4.69, 9.17) is 4.74 Å². The quantitative estimate of drug-likeness (QED) is 0.596. The minimum Gasteiger partial charge on any atom is -0.469 e. The van der Waals surface area contributed by atoms with Gasteiger partial charge in [-0.3, -0.25) is 4.79 Å². The lowest BCUT2D eigenvalue weighted by molar-refractivity contribution is -0.157. The minimum absolute atomic E-state index is 0.286. The van der Waals surface area contributed by atoms with E-state index in [1.54, 1.807) is 24.3 Å². The van der Waals surface area contributed by atoms with Crippen LogP contribution in [0, 0.1) is 6.92 Å². The van der Waals surface area contributed by atoms with Crippen molar-refractivity contribution in [3.63, 3.8) is 0 Å². The van der Waals surface area contributed by atoms with Crippen LogP contribution < -0.4 is 0 Å². The number of methoxy groups -OCH3 is 2. The molecule has 0 radical (unpaired) electrons. The van der Waals surface area contributed by atoms with Gasteiger partial charge >= 0.3 is 17.9 Å². The van der Waals surface area contributed by atoms with Crippen LogP contribution in [0.5, 0.6) is 0 Å². The molecule has 0 aliphatic carbocycles. The van der Waals surface area contributed by atoms with E-state index in [0.29, 0.717) is 0 Å². The zero-order valence-electron chi connectivity index (χ0n) is 11.5. The Morgan fingerprint density at radius 1 is 1.05 bits per heavy atom. The van der Waals surface area contributed by atoms with Gasteiger partial charge in [-0.25, -0.2) is 9.59 Å². The predicted octanol–water partition coefficient (Wildman–Crippen LogP) is 1.26. The summed E-state index contributed by atoms with van der Waals surface area (Å²) in [6, 6.07) is 6.63. The second-order valence-electron chi connectivity index (χ2n) is 4.06. The number of rotatable bonds is 5. The maximum atomic E-state index is 11.9. The topological polar surface area (TPSA) is 78.9 Å². The van der Waals surface area contributed by atoms with Crippen molar-refractivity contribution in [1.29, 1.82) is 0 Å². The van der Waals surface area contributed by atoms with Crippen LogP contribution >= 0.6 is 0 Å². The molecular weight excluding hydrogens is 264 g/mol. The third kappa shape index (κ3) is 4.38. The first-order valence-corrected chi connectivity index (χ1v) is 5.90. The van der Waals surface area contributed by atoms with Crippen molar-refractivity contribution >= 4 is 17.9 Å². The SMILES string of the molecule is COC(=O)C[C@@H](OC(=O)c1ccc(C)cc1)C(=O)OC. The number of hydrogen-bond donors (Lipinski definition) is 0. The van der Waals surface area contributed by atoms with Gasteiger partial charge in [-0.05, 0) is 19.1 Å². The van der Waals surface area contributed by atoms with Crippen LogP contribution in [0.1, 0.15) is 22.3 Å². The van der Waals surface area contributed by atoms with Crippen LogP contribution in [0.2, 0.25) is 0 Å². The Bertz CT molecular complexity index is 491. The highest BCUT2D eigenvalue weighted by atomic mass is 16.6. The largest absolute Gasteiger partial charge is 0.469 e. The zero-order chi connectivity index (χ0) is 15.1. The Labute approximate surface area is 116 Å². The molecule has 1 atom stereocenters. The molecule has 6 nitrogen and oxygen atoms in total. The molecule has 0 saturated carbocycles. The summed E-state index contributed by atoms with van der Waals surface area (Å²) < 4.78 is 13.9. The van der Waals surface area contributed by atoms with E-state index in [9.17, 15) is 14.4 Å². The molecule has 0 aliphatic rings. The molecule has 0 spiro atoms. The van der Waals surface area contributed by atoms with Crippen molar-refractivity contribution in [2.24, 2.45) is 0 Å².